The standard InChI is InChI=1S/C12H15IN2O2/c1-8(16)15-12(2,3)11(17)14-10-6-4-9(13)5-7-10/h4-7H,1-3H3,(H,14,17)(H,15,16). The van der Waals surface area contributed by atoms with Gasteiger partial charge in [-0.25, -0.2) is 0 Å². The van der Waals surface area contributed by atoms with Crippen molar-refractivity contribution < 1.29 is 9.59 Å². The fraction of sp³-hybridized carbons (Fsp3) is 0.333. The van der Waals surface area contributed by atoms with Crippen LogP contribution in [-0.4, -0.2) is 17.4 Å². The molecule has 1 aromatic rings. The molecular weight excluding hydrogens is 331 g/mol. The molecule has 1 aromatic carbocycles. The summed E-state index contributed by atoms with van der Waals surface area (Å²) >= 11 is 2.19. The van der Waals surface area contributed by atoms with Crippen LogP contribution in [0.25, 0.3) is 0 Å². The quantitative estimate of drug-likeness (QED) is 0.824. The smallest absolute Gasteiger partial charge is 0.249 e. The molecule has 0 unspecified atom stereocenters. The lowest BCUT2D eigenvalue weighted by Crippen LogP contribution is -2.51. The van der Waals surface area contributed by atoms with Crippen molar-refractivity contribution in [3.8, 4) is 0 Å². The average Bonchev–Trinajstić information content (AvgIpc) is 2.19. The van der Waals surface area contributed by atoms with Crippen molar-refractivity contribution in [2.75, 3.05) is 5.32 Å². The molecule has 2 amide bonds. The Morgan fingerprint density at radius 3 is 2.18 bits per heavy atom. The number of benzene rings is 1. The molecule has 0 heterocycles. The zero-order valence-electron chi connectivity index (χ0n) is 10.0. The number of hydrogen-bond donors (Lipinski definition) is 2. The van der Waals surface area contributed by atoms with Gasteiger partial charge in [-0.3, -0.25) is 9.59 Å². The van der Waals surface area contributed by atoms with Crippen molar-refractivity contribution in [1.82, 2.24) is 5.32 Å². The first-order chi connectivity index (χ1) is 7.81. The highest BCUT2D eigenvalue weighted by Gasteiger charge is 2.28. The van der Waals surface area contributed by atoms with Crippen LogP contribution in [0, 0.1) is 3.57 Å². The van der Waals surface area contributed by atoms with Gasteiger partial charge in [-0.15, -0.1) is 0 Å². The van der Waals surface area contributed by atoms with Crippen molar-refractivity contribution in [2.45, 2.75) is 26.3 Å². The minimum atomic E-state index is -0.922. The highest BCUT2D eigenvalue weighted by Crippen LogP contribution is 2.13. The van der Waals surface area contributed by atoms with Crippen LogP contribution >= 0.6 is 22.6 Å². The molecule has 0 aliphatic carbocycles. The monoisotopic (exact) mass is 346 g/mol. The number of hydrogen-bond acceptors (Lipinski definition) is 2. The number of anilines is 1. The SMILES string of the molecule is CC(=O)NC(C)(C)C(=O)Nc1ccc(I)cc1. The van der Waals surface area contributed by atoms with Gasteiger partial charge in [0.2, 0.25) is 11.8 Å². The number of amides is 2. The number of carbonyl (C=O) groups excluding carboxylic acids is 2. The van der Waals surface area contributed by atoms with Gasteiger partial charge in [0.15, 0.2) is 0 Å². The molecule has 0 bridgehead atoms. The summed E-state index contributed by atoms with van der Waals surface area (Å²) in [6.07, 6.45) is 0. The van der Waals surface area contributed by atoms with E-state index in [-0.39, 0.29) is 11.8 Å². The second-order valence-electron chi connectivity index (χ2n) is 4.27. The molecule has 0 atom stereocenters. The van der Waals surface area contributed by atoms with Gasteiger partial charge in [-0.1, -0.05) is 0 Å². The fourth-order valence-corrected chi connectivity index (χ4v) is 1.68. The summed E-state index contributed by atoms with van der Waals surface area (Å²) in [6.45, 7) is 4.72. The third-order valence-corrected chi connectivity index (χ3v) is 2.88. The topological polar surface area (TPSA) is 58.2 Å². The fourth-order valence-electron chi connectivity index (χ4n) is 1.32. The van der Waals surface area contributed by atoms with Crippen molar-refractivity contribution in [3.63, 3.8) is 0 Å². The molecule has 0 saturated carbocycles. The van der Waals surface area contributed by atoms with E-state index in [4.69, 9.17) is 0 Å². The van der Waals surface area contributed by atoms with Crippen LogP contribution in [0.4, 0.5) is 5.69 Å². The van der Waals surface area contributed by atoms with E-state index in [0.29, 0.717) is 5.69 Å². The van der Waals surface area contributed by atoms with Crippen LogP contribution in [-0.2, 0) is 9.59 Å². The maximum atomic E-state index is 11.9. The molecule has 0 aliphatic heterocycles. The predicted molar refractivity (Wildman–Crippen MR) is 75.7 cm³/mol. The summed E-state index contributed by atoms with van der Waals surface area (Å²) in [5.41, 5.74) is -0.205. The molecular formula is C12H15IN2O2. The lowest BCUT2D eigenvalue weighted by Gasteiger charge is -2.24. The van der Waals surface area contributed by atoms with E-state index >= 15 is 0 Å². The highest BCUT2D eigenvalue weighted by molar-refractivity contribution is 14.1. The second-order valence-corrected chi connectivity index (χ2v) is 5.51. The molecule has 0 aromatic heterocycles. The van der Waals surface area contributed by atoms with Gasteiger partial charge in [-0.2, -0.15) is 0 Å². The van der Waals surface area contributed by atoms with Crippen molar-refractivity contribution in [1.29, 1.82) is 0 Å². The zero-order chi connectivity index (χ0) is 13.1. The maximum absolute atomic E-state index is 11.9. The predicted octanol–water partition coefficient (Wildman–Crippen LogP) is 2.14. The van der Waals surface area contributed by atoms with Crippen molar-refractivity contribution in [3.05, 3.63) is 27.8 Å². The summed E-state index contributed by atoms with van der Waals surface area (Å²) in [7, 11) is 0. The number of carbonyl (C=O) groups is 2. The van der Waals surface area contributed by atoms with E-state index in [9.17, 15) is 9.59 Å². The molecule has 4 nitrogen and oxygen atoms in total. The highest BCUT2D eigenvalue weighted by atomic mass is 127. The molecule has 92 valence electrons. The number of halogens is 1. The minimum absolute atomic E-state index is 0.229. The first-order valence-corrected chi connectivity index (χ1v) is 6.25. The maximum Gasteiger partial charge on any atom is 0.249 e. The molecule has 17 heavy (non-hydrogen) atoms. The summed E-state index contributed by atoms with van der Waals surface area (Å²) in [4.78, 5) is 22.9. The zero-order valence-corrected chi connectivity index (χ0v) is 12.2. The van der Waals surface area contributed by atoms with Crippen LogP contribution in [0.15, 0.2) is 24.3 Å². The Hall–Kier alpha value is -1.11. The van der Waals surface area contributed by atoms with E-state index < -0.39 is 5.54 Å². The van der Waals surface area contributed by atoms with Crippen LogP contribution < -0.4 is 10.6 Å². The van der Waals surface area contributed by atoms with Gasteiger partial charge in [0.05, 0.1) is 0 Å². The van der Waals surface area contributed by atoms with Gasteiger partial charge >= 0.3 is 0 Å². The van der Waals surface area contributed by atoms with E-state index in [2.05, 4.69) is 33.2 Å². The van der Waals surface area contributed by atoms with Gasteiger partial charge in [0, 0.05) is 16.2 Å². The average molecular weight is 346 g/mol. The Bertz CT molecular complexity index is 427. The van der Waals surface area contributed by atoms with Crippen molar-refractivity contribution >= 4 is 40.1 Å². The van der Waals surface area contributed by atoms with Gasteiger partial charge in [0.1, 0.15) is 5.54 Å². The summed E-state index contributed by atoms with van der Waals surface area (Å²) in [5, 5.41) is 5.36. The number of nitrogens with one attached hydrogen (secondary N) is 2. The molecule has 5 heteroatoms. The van der Waals surface area contributed by atoms with E-state index in [0.717, 1.165) is 3.57 Å². The molecule has 0 saturated heterocycles. The third-order valence-electron chi connectivity index (χ3n) is 2.16. The second kappa shape index (κ2) is 5.48. The summed E-state index contributed by atoms with van der Waals surface area (Å²) in [5.74, 6) is -0.471. The molecule has 0 fully saturated rings. The molecule has 2 N–H and O–H groups in total. The number of rotatable bonds is 3. The van der Waals surface area contributed by atoms with Crippen LogP contribution in [0.5, 0.6) is 0 Å². The van der Waals surface area contributed by atoms with Crippen LogP contribution in [0.3, 0.4) is 0 Å². The Balaban J connectivity index is 2.71. The molecule has 0 radical (unpaired) electrons. The summed E-state index contributed by atoms with van der Waals surface area (Å²) in [6, 6.07) is 7.45. The Morgan fingerprint density at radius 2 is 1.71 bits per heavy atom. The normalized spacial score (nSPS) is 10.8. The Kier molecular flexibility index (Phi) is 4.50. The van der Waals surface area contributed by atoms with Crippen molar-refractivity contribution in [2.24, 2.45) is 0 Å². The molecule has 0 spiro atoms. The van der Waals surface area contributed by atoms with E-state index in [1.54, 1.807) is 13.8 Å². The minimum Gasteiger partial charge on any atom is -0.342 e. The van der Waals surface area contributed by atoms with Gasteiger partial charge in [0.25, 0.3) is 0 Å². The lowest BCUT2D eigenvalue weighted by atomic mass is 10.0. The Labute approximate surface area is 114 Å². The molecule has 0 aliphatic rings. The van der Waals surface area contributed by atoms with Gasteiger partial charge < -0.3 is 10.6 Å². The van der Waals surface area contributed by atoms with E-state index in [1.807, 2.05) is 24.3 Å². The third kappa shape index (κ3) is 4.33. The largest absolute Gasteiger partial charge is 0.342 e. The van der Waals surface area contributed by atoms with E-state index in [1.165, 1.54) is 6.92 Å². The lowest BCUT2D eigenvalue weighted by molar-refractivity contribution is -0.128. The van der Waals surface area contributed by atoms with Crippen LogP contribution in [0.1, 0.15) is 20.8 Å². The molecule has 1 rings (SSSR count). The van der Waals surface area contributed by atoms with Crippen LogP contribution in [0.2, 0.25) is 0 Å². The van der Waals surface area contributed by atoms with Gasteiger partial charge in [-0.05, 0) is 60.7 Å². The summed E-state index contributed by atoms with van der Waals surface area (Å²) < 4.78 is 1.10. The first-order valence-electron chi connectivity index (χ1n) is 5.17. The Morgan fingerprint density at radius 1 is 1.18 bits per heavy atom. The first kappa shape index (κ1) is 14.0.